The van der Waals surface area contributed by atoms with E-state index < -0.39 is 44.5 Å². The second-order valence-corrected chi connectivity index (χ2v) is 13.7. The molecule has 218 valence electrons. The van der Waals surface area contributed by atoms with Crippen LogP contribution in [0.4, 0.5) is 8.78 Å². The van der Waals surface area contributed by atoms with E-state index in [2.05, 4.69) is 15.5 Å². The summed E-state index contributed by atoms with van der Waals surface area (Å²) in [5, 5.41) is 17.1. The van der Waals surface area contributed by atoms with Crippen molar-refractivity contribution in [1.82, 2.24) is 18.8 Å². The molecule has 1 aliphatic carbocycles. The van der Waals surface area contributed by atoms with Gasteiger partial charge in [0.2, 0.25) is 5.91 Å². The number of rotatable bonds is 10. The number of amides is 2. The normalized spacial score (nSPS) is 19.6. The lowest BCUT2D eigenvalue weighted by atomic mass is 9.73. The summed E-state index contributed by atoms with van der Waals surface area (Å²) in [6.45, 7) is 1.65. The van der Waals surface area contributed by atoms with E-state index in [1.807, 2.05) is 48.5 Å². The number of allylic oxidation sites excluding steroid dienone is 1. The predicted octanol–water partition coefficient (Wildman–Crippen LogP) is 4.84. The Morgan fingerprint density at radius 1 is 1.10 bits per heavy atom. The number of carbonyl (C=O) groups is 2. The van der Waals surface area contributed by atoms with Crippen molar-refractivity contribution in [3.63, 3.8) is 0 Å². The summed E-state index contributed by atoms with van der Waals surface area (Å²) in [6.07, 6.45) is 7.57. The van der Waals surface area contributed by atoms with Crippen LogP contribution in [0.2, 0.25) is 0 Å². The van der Waals surface area contributed by atoms with Crippen molar-refractivity contribution in [3.05, 3.63) is 88.8 Å². The fourth-order valence-corrected chi connectivity index (χ4v) is 7.29. The van der Waals surface area contributed by atoms with Gasteiger partial charge in [-0.3, -0.25) is 9.59 Å². The van der Waals surface area contributed by atoms with Crippen molar-refractivity contribution in [2.24, 2.45) is 0 Å². The van der Waals surface area contributed by atoms with E-state index in [-0.39, 0.29) is 11.9 Å². The van der Waals surface area contributed by atoms with E-state index in [0.717, 1.165) is 64.4 Å². The largest absolute Gasteiger partial charge is 0.750 e. The lowest BCUT2D eigenvalue weighted by molar-refractivity contribution is -0.126. The van der Waals surface area contributed by atoms with Gasteiger partial charge in [-0.15, -0.1) is 0 Å². The Morgan fingerprint density at radius 3 is 2.46 bits per heavy atom. The van der Waals surface area contributed by atoms with Gasteiger partial charge in [0.05, 0.1) is 6.54 Å². The minimum atomic E-state index is -3.09. The van der Waals surface area contributed by atoms with Crippen molar-refractivity contribution >= 4 is 46.1 Å². The number of hydroxylamine groups is 1. The number of alkyl halides is 2. The third-order valence-electron chi connectivity index (χ3n) is 7.85. The fraction of sp³-hybridized carbons (Fsp3) is 0.367. The first-order chi connectivity index (χ1) is 19.7. The molecule has 1 saturated heterocycles. The lowest BCUT2D eigenvalue weighted by Crippen LogP contribution is -2.47. The monoisotopic (exact) mass is 693 g/mol. The molecule has 2 aromatic carbocycles. The van der Waals surface area contributed by atoms with Gasteiger partial charge in [0, 0.05) is 24.7 Å². The average Bonchev–Trinajstić information content (AvgIpc) is 3.43. The minimum absolute atomic E-state index is 0.0254. The highest BCUT2D eigenvalue weighted by Gasteiger charge is 2.48. The van der Waals surface area contributed by atoms with Crippen molar-refractivity contribution in [1.29, 1.82) is 0 Å². The van der Waals surface area contributed by atoms with Gasteiger partial charge in [0.15, 0.2) is 0 Å². The number of unbranched alkanes of at least 4 members (excludes halogenated alkanes) is 1. The standard InChI is InChI=1S/C30H33F2IN4O3P/c31-30(32,41)20-34-28(39)29(25-9-3-1-7-23(25)24-8-2-4-10-26(24)29)14-5-6-16-36-17-13-22(19-36)35-27(38)21-11-15-33-37(40)18-12-21/h1-4,7-12,15,18,22H,5-6,13-14,16-17,19-20,41H2,(H,34,39)(H,35,38)/q-1. The number of halogens is 3. The van der Waals surface area contributed by atoms with Crippen LogP contribution < -0.4 is 10.6 Å². The molecule has 3 aliphatic rings. The van der Waals surface area contributed by atoms with Crippen molar-refractivity contribution in [3.8, 4) is 11.1 Å². The zero-order chi connectivity index (χ0) is 29.0. The zero-order valence-electron chi connectivity index (χ0n) is 22.5. The van der Waals surface area contributed by atoms with E-state index >= 15 is 0 Å². The van der Waals surface area contributed by atoms with Gasteiger partial charge in [-0.05, 0) is 91.4 Å². The molecule has 2 N–H and O–H groups in total. The van der Waals surface area contributed by atoms with Crippen LogP contribution in [0.15, 0.2) is 72.5 Å². The maximum atomic E-state index is 13.8. The highest BCUT2D eigenvalue weighted by atomic mass is 127. The third-order valence-corrected chi connectivity index (χ3v) is 9.60. The van der Waals surface area contributed by atoms with Crippen LogP contribution in [0, 0.1) is 5.21 Å². The molecule has 2 heterocycles. The number of likely N-dealkylation sites (tertiary alicyclic amines) is 1. The second kappa shape index (κ2) is 12.8. The molecule has 2 atom stereocenters. The van der Waals surface area contributed by atoms with E-state index in [0.29, 0.717) is 12.0 Å². The Morgan fingerprint density at radius 2 is 1.78 bits per heavy atom. The Hall–Kier alpha value is -2.53. The minimum Gasteiger partial charge on any atom is -0.750 e. The lowest BCUT2D eigenvalue weighted by Gasteiger charge is -2.31. The molecule has 1 fully saturated rings. The quantitative estimate of drug-likeness (QED) is 0.161. The first-order valence-electron chi connectivity index (χ1n) is 13.7. The molecule has 7 nitrogen and oxygen atoms in total. The van der Waals surface area contributed by atoms with Gasteiger partial charge >= 0.3 is 0 Å². The van der Waals surface area contributed by atoms with E-state index in [4.69, 9.17) is 0 Å². The molecule has 2 amide bonds. The number of carbonyl (C=O) groups excluding carboxylic acids is 2. The van der Waals surface area contributed by atoms with Crippen LogP contribution in [-0.4, -0.2) is 61.9 Å². The summed E-state index contributed by atoms with van der Waals surface area (Å²) < 4.78 is 30.1. The van der Waals surface area contributed by atoms with Crippen LogP contribution in [-0.2, 0) is 15.0 Å². The molecule has 0 aromatic heterocycles. The number of nitrogens with one attached hydrogen (secondary N) is 2. The highest BCUT2D eigenvalue weighted by Crippen LogP contribution is 2.51. The van der Waals surface area contributed by atoms with Crippen molar-refractivity contribution in [2.75, 3.05) is 26.2 Å². The Balaban J connectivity index is 1.22. The van der Waals surface area contributed by atoms with E-state index in [9.17, 15) is 23.6 Å². The molecular formula is C30H33F2IN4O3P-. The van der Waals surface area contributed by atoms with Gasteiger partial charge in [-0.1, -0.05) is 64.2 Å². The number of hydrogen-bond donors (Lipinski definition) is 2. The molecule has 2 aromatic rings. The summed E-state index contributed by atoms with van der Waals surface area (Å²) in [7, 11) is 1.49. The topological polar surface area (TPSA) is 87.7 Å². The number of benzene rings is 2. The van der Waals surface area contributed by atoms with Gasteiger partial charge in [0.25, 0.3) is 11.6 Å². The summed E-state index contributed by atoms with van der Waals surface area (Å²) in [6, 6.07) is 15.5. The fourth-order valence-electron chi connectivity index (χ4n) is 5.98. The SMILES string of the molecule is O=C(NC1CCN(CCCCC2(C(=O)NCC(F)(F)P)c3ccccc3-c3ccccc32)C1)C1=CC=IN([O-])C=C1. The maximum absolute atomic E-state index is 13.8. The van der Waals surface area contributed by atoms with Crippen LogP contribution in [0.3, 0.4) is 0 Å². The summed E-state index contributed by atoms with van der Waals surface area (Å²) in [4.78, 5) is 28.8. The Labute approximate surface area is 251 Å². The summed E-state index contributed by atoms with van der Waals surface area (Å²) in [5.41, 5.74) is 0.0116. The van der Waals surface area contributed by atoms with E-state index in [1.54, 1.807) is 16.2 Å². The van der Waals surface area contributed by atoms with Gasteiger partial charge < -0.3 is 24.0 Å². The molecule has 2 unspecified atom stereocenters. The number of nitrogens with zero attached hydrogens (tertiary/aromatic N) is 2. The summed E-state index contributed by atoms with van der Waals surface area (Å²) >= 11 is -0.768. The maximum Gasteiger partial charge on any atom is 0.275 e. The molecule has 0 bridgehead atoms. The van der Waals surface area contributed by atoms with Gasteiger partial charge in [-0.2, -0.15) is 0 Å². The zero-order valence-corrected chi connectivity index (χ0v) is 25.8. The third kappa shape index (κ3) is 6.77. The van der Waals surface area contributed by atoms with E-state index in [1.165, 1.54) is 15.4 Å². The highest BCUT2D eigenvalue weighted by molar-refractivity contribution is 14.2. The van der Waals surface area contributed by atoms with Crippen molar-refractivity contribution < 1.29 is 18.4 Å². The number of hydrogen-bond acceptors (Lipinski definition) is 5. The molecule has 41 heavy (non-hydrogen) atoms. The Kier molecular flexibility index (Phi) is 9.33. The molecule has 2 aliphatic heterocycles. The van der Waals surface area contributed by atoms with Crippen LogP contribution in [0.25, 0.3) is 11.1 Å². The molecule has 11 heteroatoms. The molecule has 5 rings (SSSR count). The average molecular weight is 693 g/mol. The smallest absolute Gasteiger partial charge is 0.275 e. The van der Waals surface area contributed by atoms with Crippen LogP contribution in [0.1, 0.15) is 36.8 Å². The molecular weight excluding hydrogens is 660 g/mol. The van der Waals surface area contributed by atoms with Gasteiger partial charge in [-0.25, -0.2) is 8.78 Å². The Bertz CT molecular complexity index is 1350. The molecule has 0 spiro atoms. The summed E-state index contributed by atoms with van der Waals surface area (Å²) in [5.74, 6) is -0.575. The first kappa shape index (κ1) is 29.9. The first-order valence-corrected chi connectivity index (χ1v) is 16.5. The van der Waals surface area contributed by atoms with Crippen LogP contribution >= 0.6 is 30.2 Å². The van der Waals surface area contributed by atoms with Crippen molar-refractivity contribution in [2.45, 2.75) is 42.8 Å². The van der Waals surface area contributed by atoms with Crippen LogP contribution in [0.5, 0.6) is 0 Å². The molecule has 0 radical (unpaired) electrons. The number of fused-ring (bicyclic) bond motifs is 3. The molecule has 0 saturated carbocycles. The second-order valence-electron chi connectivity index (χ2n) is 10.6. The van der Waals surface area contributed by atoms with Gasteiger partial charge in [0.1, 0.15) is 5.41 Å². The predicted molar refractivity (Wildman–Crippen MR) is 170 cm³/mol.